The van der Waals surface area contributed by atoms with Gasteiger partial charge in [-0.25, -0.2) is 0 Å². The molecule has 5 heteroatoms. The van der Waals surface area contributed by atoms with E-state index >= 15 is 0 Å². The van der Waals surface area contributed by atoms with Crippen LogP contribution in [0.25, 0.3) is 0 Å². The topological polar surface area (TPSA) is 83.5 Å². The molecule has 1 rings (SSSR count). The molecule has 5 nitrogen and oxygen atoms in total. The molecule has 0 heterocycles. The van der Waals surface area contributed by atoms with E-state index in [0.717, 1.165) is 11.1 Å². The molecule has 1 aromatic carbocycles. The number of ketones is 1. The number of carboxylic acid groups (broad SMARTS) is 1. The van der Waals surface area contributed by atoms with Crippen molar-refractivity contribution < 1.29 is 19.5 Å². The fourth-order valence-corrected chi connectivity index (χ4v) is 1.66. The number of benzene rings is 1. The van der Waals surface area contributed by atoms with Crippen LogP contribution < -0.4 is 5.32 Å². The van der Waals surface area contributed by atoms with Gasteiger partial charge in [0.05, 0.1) is 5.69 Å². The SMILES string of the molecule is CC(=O)Nc1cc(C)c(C)cc1C(=O)C(C)C(=O)O. The van der Waals surface area contributed by atoms with Crippen LogP contribution in [0, 0.1) is 19.8 Å². The minimum Gasteiger partial charge on any atom is -0.481 e. The molecule has 1 unspecified atom stereocenters. The Morgan fingerprint density at radius 1 is 1.16 bits per heavy atom. The van der Waals surface area contributed by atoms with Crippen LogP contribution in [0.1, 0.15) is 35.3 Å². The molecule has 1 atom stereocenters. The number of aliphatic carboxylic acids is 1. The summed E-state index contributed by atoms with van der Waals surface area (Å²) in [5, 5.41) is 11.5. The maximum atomic E-state index is 12.1. The van der Waals surface area contributed by atoms with Crippen molar-refractivity contribution in [1.82, 2.24) is 0 Å². The van der Waals surface area contributed by atoms with Gasteiger partial charge in [0.2, 0.25) is 5.91 Å². The summed E-state index contributed by atoms with van der Waals surface area (Å²) in [7, 11) is 0. The minimum absolute atomic E-state index is 0.230. The van der Waals surface area contributed by atoms with Crippen LogP contribution in [0.15, 0.2) is 12.1 Å². The van der Waals surface area contributed by atoms with E-state index in [0.29, 0.717) is 5.69 Å². The second-order valence-corrected chi connectivity index (χ2v) is 4.59. The number of Topliss-reactive ketones (excluding diaryl/α,β-unsaturated/α-hetero) is 1. The number of hydrogen-bond acceptors (Lipinski definition) is 3. The molecular weight excluding hydrogens is 246 g/mol. The molecular formula is C14H17NO4. The standard InChI is InChI=1S/C14H17NO4/c1-7-5-11(13(17)9(3)14(18)19)12(6-8(7)2)15-10(4)16/h5-6,9H,1-4H3,(H,15,16)(H,18,19). The fourth-order valence-electron chi connectivity index (χ4n) is 1.66. The second kappa shape index (κ2) is 5.65. The third-order valence-corrected chi connectivity index (χ3v) is 2.97. The van der Waals surface area contributed by atoms with Gasteiger partial charge in [-0.3, -0.25) is 14.4 Å². The summed E-state index contributed by atoms with van der Waals surface area (Å²) in [6.07, 6.45) is 0. The fraction of sp³-hybridized carbons (Fsp3) is 0.357. The Bertz CT molecular complexity index is 549. The van der Waals surface area contributed by atoms with Crippen molar-refractivity contribution in [3.63, 3.8) is 0 Å². The van der Waals surface area contributed by atoms with Crippen LogP contribution in [0.4, 0.5) is 5.69 Å². The maximum Gasteiger partial charge on any atom is 0.314 e. The molecule has 102 valence electrons. The first-order valence-corrected chi connectivity index (χ1v) is 5.90. The maximum absolute atomic E-state index is 12.1. The number of carbonyl (C=O) groups excluding carboxylic acids is 2. The Morgan fingerprint density at radius 3 is 2.16 bits per heavy atom. The van der Waals surface area contributed by atoms with Gasteiger partial charge in [0, 0.05) is 12.5 Å². The molecule has 1 amide bonds. The van der Waals surface area contributed by atoms with E-state index in [1.165, 1.54) is 13.8 Å². The van der Waals surface area contributed by atoms with Gasteiger partial charge in [0.25, 0.3) is 0 Å². The summed E-state index contributed by atoms with van der Waals surface area (Å²) in [6.45, 7) is 6.35. The normalized spacial score (nSPS) is 11.8. The Labute approximate surface area is 111 Å². The van der Waals surface area contributed by atoms with E-state index in [1.807, 2.05) is 13.8 Å². The number of carboxylic acids is 1. The number of nitrogens with one attached hydrogen (secondary N) is 1. The van der Waals surface area contributed by atoms with Crippen LogP contribution >= 0.6 is 0 Å². The smallest absolute Gasteiger partial charge is 0.314 e. The van der Waals surface area contributed by atoms with Crippen LogP contribution in [0.5, 0.6) is 0 Å². The molecule has 0 bridgehead atoms. The molecule has 0 radical (unpaired) electrons. The first kappa shape index (κ1) is 14.9. The molecule has 0 aromatic heterocycles. The highest BCUT2D eigenvalue weighted by atomic mass is 16.4. The van der Waals surface area contributed by atoms with Gasteiger partial charge in [-0.2, -0.15) is 0 Å². The highest BCUT2D eigenvalue weighted by Crippen LogP contribution is 2.24. The molecule has 0 aliphatic carbocycles. The molecule has 0 fully saturated rings. The Hall–Kier alpha value is -2.17. The lowest BCUT2D eigenvalue weighted by Gasteiger charge is -2.14. The predicted molar refractivity (Wildman–Crippen MR) is 71.4 cm³/mol. The first-order valence-electron chi connectivity index (χ1n) is 5.90. The average molecular weight is 263 g/mol. The first-order chi connectivity index (χ1) is 8.73. The van der Waals surface area contributed by atoms with Crippen molar-refractivity contribution in [1.29, 1.82) is 0 Å². The van der Waals surface area contributed by atoms with Crippen molar-refractivity contribution in [2.24, 2.45) is 5.92 Å². The average Bonchev–Trinajstić information content (AvgIpc) is 2.30. The van der Waals surface area contributed by atoms with E-state index < -0.39 is 17.7 Å². The van der Waals surface area contributed by atoms with Crippen LogP contribution in [0.2, 0.25) is 0 Å². The van der Waals surface area contributed by atoms with Crippen molar-refractivity contribution in [2.45, 2.75) is 27.7 Å². The second-order valence-electron chi connectivity index (χ2n) is 4.59. The largest absolute Gasteiger partial charge is 0.481 e. The molecule has 0 spiro atoms. The third-order valence-electron chi connectivity index (χ3n) is 2.97. The number of aryl methyl sites for hydroxylation is 2. The van der Waals surface area contributed by atoms with Gasteiger partial charge < -0.3 is 10.4 Å². The minimum atomic E-state index is -1.18. The Kier molecular flexibility index (Phi) is 4.43. The lowest BCUT2D eigenvalue weighted by Crippen LogP contribution is -2.22. The number of anilines is 1. The van der Waals surface area contributed by atoms with Crippen LogP contribution in [-0.2, 0) is 9.59 Å². The lowest BCUT2D eigenvalue weighted by molar-refractivity contribution is -0.139. The third kappa shape index (κ3) is 3.40. The van der Waals surface area contributed by atoms with E-state index in [-0.39, 0.29) is 11.5 Å². The van der Waals surface area contributed by atoms with E-state index in [2.05, 4.69) is 5.32 Å². The summed E-state index contributed by atoms with van der Waals surface area (Å²) in [6, 6.07) is 3.29. The Morgan fingerprint density at radius 2 is 1.68 bits per heavy atom. The predicted octanol–water partition coefficient (Wildman–Crippen LogP) is 2.17. The van der Waals surface area contributed by atoms with Crippen molar-refractivity contribution in [3.05, 3.63) is 28.8 Å². The molecule has 0 aliphatic heterocycles. The summed E-state index contributed by atoms with van der Waals surface area (Å²) in [4.78, 5) is 34.2. The molecule has 2 N–H and O–H groups in total. The highest BCUT2D eigenvalue weighted by Gasteiger charge is 2.25. The van der Waals surface area contributed by atoms with Crippen molar-refractivity contribution in [2.75, 3.05) is 5.32 Å². The highest BCUT2D eigenvalue weighted by molar-refractivity contribution is 6.12. The number of hydrogen-bond donors (Lipinski definition) is 2. The molecule has 19 heavy (non-hydrogen) atoms. The van der Waals surface area contributed by atoms with Gasteiger partial charge in [0.1, 0.15) is 5.92 Å². The van der Waals surface area contributed by atoms with Gasteiger partial charge in [-0.05, 0) is 44.0 Å². The van der Waals surface area contributed by atoms with Crippen LogP contribution in [-0.4, -0.2) is 22.8 Å². The summed E-state index contributed by atoms with van der Waals surface area (Å²) < 4.78 is 0. The molecule has 1 aromatic rings. The number of amides is 1. The van der Waals surface area contributed by atoms with E-state index in [1.54, 1.807) is 12.1 Å². The van der Waals surface area contributed by atoms with Crippen molar-refractivity contribution in [3.8, 4) is 0 Å². The van der Waals surface area contributed by atoms with Gasteiger partial charge in [-0.15, -0.1) is 0 Å². The summed E-state index contributed by atoms with van der Waals surface area (Å²) >= 11 is 0. The Balaban J connectivity index is 3.31. The zero-order chi connectivity index (χ0) is 14.7. The summed E-state index contributed by atoms with van der Waals surface area (Å²) in [5.41, 5.74) is 2.38. The molecule has 0 saturated carbocycles. The number of carbonyl (C=O) groups is 3. The lowest BCUT2D eigenvalue weighted by atomic mass is 9.94. The van der Waals surface area contributed by atoms with Crippen LogP contribution in [0.3, 0.4) is 0 Å². The monoisotopic (exact) mass is 263 g/mol. The van der Waals surface area contributed by atoms with Gasteiger partial charge in [-0.1, -0.05) is 0 Å². The molecule has 0 aliphatic rings. The molecule has 0 saturated heterocycles. The zero-order valence-electron chi connectivity index (χ0n) is 11.4. The van der Waals surface area contributed by atoms with Crippen molar-refractivity contribution >= 4 is 23.3 Å². The van der Waals surface area contributed by atoms with Gasteiger partial charge in [0.15, 0.2) is 5.78 Å². The van der Waals surface area contributed by atoms with E-state index in [4.69, 9.17) is 5.11 Å². The zero-order valence-corrected chi connectivity index (χ0v) is 11.4. The van der Waals surface area contributed by atoms with Gasteiger partial charge >= 0.3 is 5.97 Å². The quantitative estimate of drug-likeness (QED) is 0.644. The number of rotatable bonds is 4. The van der Waals surface area contributed by atoms with E-state index in [9.17, 15) is 14.4 Å². The summed E-state index contributed by atoms with van der Waals surface area (Å²) in [5.74, 6) is -3.15.